The zero-order valence-electron chi connectivity index (χ0n) is 10.8. The largest absolute Gasteiger partial charge is 0.313 e. The lowest BCUT2D eigenvalue weighted by Crippen LogP contribution is -2.13. The molecule has 0 aliphatic heterocycles. The molecule has 0 aromatic heterocycles. The predicted octanol–water partition coefficient (Wildman–Crippen LogP) is 5.02. The summed E-state index contributed by atoms with van der Waals surface area (Å²) in [5.74, 6) is -0.197. The van der Waals surface area contributed by atoms with E-state index in [0.29, 0.717) is 0 Å². The van der Waals surface area contributed by atoms with E-state index < -0.39 is 0 Å². The molecule has 0 saturated carbocycles. The van der Waals surface area contributed by atoms with Crippen molar-refractivity contribution in [2.45, 2.75) is 22.8 Å². The molecule has 0 aliphatic rings. The van der Waals surface area contributed by atoms with E-state index in [4.69, 9.17) is 0 Å². The fourth-order valence-corrected chi connectivity index (χ4v) is 3.02. The molecule has 0 aliphatic carbocycles. The molecule has 0 amide bonds. The van der Waals surface area contributed by atoms with Gasteiger partial charge in [-0.3, -0.25) is 0 Å². The minimum atomic E-state index is -0.197. The van der Waals surface area contributed by atoms with E-state index in [-0.39, 0.29) is 11.9 Å². The zero-order valence-corrected chi connectivity index (χ0v) is 13.2. The van der Waals surface area contributed by atoms with E-state index in [1.54, 1.807) is 17.8 Å². The van der Waals surface area contributed by atoms with Gasteiger partial charge in [0.1, 0.15) is 5.82 Å². The first-order valence-corrected chi connectivity index (χ1v) is 7.61. The molecule has 100 valence electrons. The quantitative estimate of drug-likeness (QED) is 0.839. The van der Waals surface area contributed by atoms with E-state index in [2.05, 4.69) is 21.2 Å². The first-order valence-electron chi connectivity index (χ1n) is 6.00. The van der Waals surface area contributed by atoms with Crippen LogP contribution in [0, 0.1) is 5.82 Å². The highest BCUT2D eigenvalue weighted by molar-refractivity contribution is 9.10. The molecule has 1 atom stereocenters. The zero-order chi connectivity index (χ0) is 13.8. The van der Waals surface area contributed by atoms with Crippen LogP contribution < -0.4 is 5.32 Å². The van der Waals surface area contributed by atoms with Crippen molar-refractivity contribution >= 4 is 27.7 Å². The Hall–Kier alpha value is -0.840. The van der Waals surface area contributed by atoms with Crippen LogP contribution in [-0.4, -0.2) is 7.05 Å². The standard InChI is InChI=1S/C15H15BrFNS/c1-10(18-2)14-9-12(17)5-8-15(14)19-13-6-3-11(16)4-7-13/h3-10,18H,1-2H3. The normalized spacial score (nSPS) is 12.4. The van der Waals surface area contributed by atoms with Crippen molar-refractivity contribution in [3.63, 3.8) is 0 Å². The third-order valence-corrected chi connectivity index (χ3v) is 4.54. The van der Waals surface area contributed by atoms with Crippen LogP contribution in [0.3, 0.4) is 0 Å². The summed E-state index contributed by atoms with van der Waals surface area (Å²) in [6.07, 6.45) is 0. The van der Waals surface area contributed by atoms with Gasteiger partial charge in [0.05, 0.1) is 0 Å². The summed E-state index contributed by atoms with van der Waals surface area (Å²) in [6.45, 7) is 2.03. The minimum Gasteiger partial charge on any atom is -0.313 e. The molecular weight excluding hydrogens is 325 g/mol. The van der Waals surface area contributed by atoms with Gasteiger partial charge < -0.3 is 5.32 Å². The number of nitrogens with one attached hydrogen (secondary N) is 1. The van der Waals surface area contributed by atoms with Gasteiger partial charge in [-0.05, 0) is 62.0 Å². The van der Waals surface area contributed by atoms with E-state index in [0.717, 1.165) is 19.8 Å². The summed E-state index contributed by atoms with van der Waals surface area (Å²) in [4.78, 5) is 2.21. The number of rotatable bonds is 4. The van der Waals surface area contributed by atoms with Crippen molar-refractivity contribution in [2.24, 2.45) is 0 Å². The Morgan fingerprint density at radius 1 is 1.16 bits per heavy atom. The number of hydrogen-bond donors (Lipinski definition) is 1. The fraction of sp³-hybridized carbons (Fsp3) is 0.200. The lowest BCUT2D eigenvalue weighted by molar-refractivity contribution is 0.601. The predicted molar refractivity (Wildman–Crippen MR) is 82.1 cm³/mol. The van der Waals surface area contributed by atoms with Gasteiger partial charge in [-0.25, -0.2) is 4.39 Å². The molecule has 0 fully saturated rings. The van der Waals surface area contributed by atoms with Crippen LogP contribution >= 0.6 is 27.7 Å². The molecule has 1 nitrogen and oxygen atoms in total. The summed E-state index contributed by atoms with van der Waals surface area (Å²) in [5, 5.41) is 3.16. The Morgan fingerprint density at radius 3 is 2.47 bits per heavy atom. The van der Waals surface area contributed by atoms with Crippen molar-refractivity contribution in [3.05, 3.63) is 58.3 Å². The topological polar surface area (TPSA) is 12.0 Å². The molecule has 0 saturated heterocycles. The van der Waals surface area contributed by atoms with Gasteiger partial charge in [0.25, 0.3) is 0 Å². The number of hydrogen-bond acceptors (Lipinski definition) is 2. The molecule has 19 heavy (non-hydrogen) atoms. The lowest BCUT2D eigenvalue weighted by Gasteiger charge is -2.15. The van der Waals surface area contributed by atoms with E-state index in [9.17, 15) is 4.39 Å². The Morgan fingerprint density at radius 2 is 1.84 bits per heavy atom. The Kier molecular flexibility index (Phi) is 5.02. The molecule has 0 bridgehead atoms. The number of halogens is 2. The van der Waals surface area contributed by atoms with Gasteiger partial charge in [0.15, 0.2) is 0 Å². The maximum atomic E-state index is 13.4. The summed E-state index contributed by atoms with van der Waals surface area (Å²) in [7, 11) is 1.88. The third kappa shape index (κ3) is 3.81. The smallest absolute Gasteiger partial charge is 0.123 e. The van der Waals surface area contributed by atoms with Crippen molar-refractivity contribution in [1.82, 2.24) is 5.32 Å². The van der Waals surface area contributed by atoms with Crippen molar-refractivity contribution in [1.29, 1.82) is 0 Å². The second-order valence-corrected chi connectivity index (χ2v) is 6.28. The molecule has 0 heterocycles. The van der Waals surface area contributed by atoms with E-state index >= 15 is 0 Å². The molecular formula is C15H15BrFNS. The second-order valence-electron chi connectivity index (χ2n) is 4.25. The van der Waals surface area contributed by atoms with Crippen LogP contribution in [0.5, 0.6) is 0 Å². The monoisotopic (exact) mass is 339 g/mol. The Labute approximate surface area is 125 Å². The van der Waals surface area contributed by atoms with Crippen molar-refractivity contribution in [2.75, 3.05) is 7.05 Å². The lowest BCUT2D eigenvalue weighted by atomic mass is 10.1. The summed E-state index contributed by atoms with van der Waals surface area (Å²) in [5.41, 5.74) is 0.982. The van der Waals surface area contributed by atoms with Crippen LogP contribution in [0.4, 0.5) is 4.39 Å². The SMILES string of the molecule is CNC(C)c1cc(F)ccc1Sc1ccc(Br)cc1. The van der Waals surface area contributed by atoms with Gasteiger partial charge >= 0.3 is 0 Å². The highest BCUT2D eigenvalue weighted by Crippen LogP contribution is 2.34. The highest BCUT2D eigenvalue weighted by Gasteiger charge is 2.11. The summed E-state index contributed by atoms with van der Waals surface area (Å²) >= 11 is 5.07. The third-order valence-electron chi connectivity index (χ3n) is 2.91. The Bertz CT molecular complexity index is 557. The van der Waals surface area contributed by atoms with Crippen molar-refractivity contribution < 1.29 is 4.39 Å². The molecule has 0 radical (unpaired) electrons. The summed E-state index contributed by atoms with van der Waals surface area (Å²) in [6, 6.07) is 13.2. The average Bonchev–Trinajstić information content (AvgIpc) is 2.42. The van der Waals surface area contributed by atoms with Gasteiger partial charge in [-0.2, -0.15) is 0 Å². The first-order chi connectivity index (χ1) is 9.10. The molecule has 2 aromatic carbocycles. The van der Waals surface area contributed by atoms with E-state index in [1.807, 2.05) is 44.3 Å². The van der Waals surface area contributed by atoms with Crippen molar-refractivity contribution in [3.8, 4) is 0 Å². The molecule has 1 N–H and O–H groups in total. The van der Waals surface area contributed by atoms with Gasteiger partial charge in [-0.15, -0.1) is 0 Å². The van der Waals surface area contributed by atoms with Gasteiger partial charge in [-0.1, -0.05) is 27.7 Å². The molecule has 4 heteroatoms. The highest BCUT2D eigenvalue weighted by atomic mass is 79.9. The van der Waals surface area contributed by atoms with Crippen LogP contribution in [-0.2, 0) is 0 Å². The first kappa shape index (κ1) is 14.6. The van der Waals surface area contributed by atoms with Crippen LogP contribution in [0.15, 0.2) is 56.7 Å². The Balaban J connectivity index is 2.31. The van der Waals surface area contributed by atoms with Crippen LogP contribution in [0.1, 0.15) is 18.5 Å². The molecule has 1 unspecified atom stereocenters. The molecule has 0 spiro atoms. The maximum absolute atomic E-state index is 13.4. The summed E-state index contributed by atoms with van der Waals surface area (Å²) < 4.78 is 14.4. The van der Waals surface area contributed by atoms with E-state index in [1.165, 1.54) is 6.07 Å². The van der Waals surface area contributed by atoms with Crippen LogP contribution in [0.25, 0.3) is 0 Å². The average molecular weight is 340 g/mol. The second kappa shape index (κ2) is 6.55. The van der Waals surface area contributed by atoms with Crippen LogP contribution in [0.2, 0.25) is 0 Å². The van der Waals surface area contributed by atoms with Gasteiger partial charge in [0, 0.05) is 20.3 Å². The molecule has 2 aromatic rings. The molecule has 2 rings (SSSR count). The fourth-order valence-electron chi connectivity index (χ4n) is 1.74. The minimum absolute atomic E-state index is 0.119. The number of benzene rings is 2. The van der Waals surface area contributed by atoms with Gasteiger partial charge in [0.2, 0.25) is 0 Å². The maximum Gasteiger partial charge on any atom is 0.123 e.